The summed E-state index contributed by atoms with van der Waals surface area (Å²) in [5, 5.41) is 12.4. The van der Waals surface area contributed by atoms with E-state index in [0.717, 1.165) is 31.2 Å². The fraction of sp³-hybridized carbons (Fsp3) is 0.529. The maximum Gasteiger partial charge on any atom is 0.219 e. The maximum absolute atomic E-state index is 13.4. The molecule has 1 aromatic carbocycles. The van der Waals surface area contributed by atoms with Crippen LogP contribution in [0.2, 0.25) is 0 Å². The zero-order chi connectivity index (χ0) is 17.5. The Morgan fingerprint density at radius 2 is 1.92 bits per heavy atom. The molecule has 0 bridgehead atoms. The van der Waals surface area contributed by atoms with Gasteiger partial charge in [0, 0.05) is 45.2 Å². The lowest BCUT2D eigenvalue weighted by Gasteiger charge is -2.36. The van der Waals surface area contributed by atoms with Crippen molar-refractivity contribution in [2.45, 2.75) is 27.0 Å². The quantitative estimate of drug-likeness (QED) is 0.404. The largest absolute Gasteiger partial charge is 0.392 e. The Bertz CT molecular complexity index is 604. The summed E-state index contributed by atoms with van der Waals surface area (Å²) in [5.41, 5.74) is 1.13. The van der Waals surface area contributed by atoms with Crippen LogP contribution in [0.25, 0.3) is 0 Å². The van der Waals surface area contributed by atoms with E-state index < -0.39 is 5.82 Å². The number of aliphatic imine (C=N–C) groups is 1. The molecular weight excluding hydrogens is 438 g/mol. The molecule has 0 radical (unpaired) electrons. The SMILES string of the molecule is CCNC(=NCc1ccc(F)c(CO)c1)N1CCN(C(C)=O)CC1.I. The van der Waals surface area contributed by atoms with Gasteiger partial charge in [0.25, 0.3) is 0 Å². The van der Waals surface area contributed by atoms with Gasteiger partial charge in [0.1, 0.15) is 5.82 Å². The van der Waals surface area contributed by atoms with E-state index in [1.165, 1.54) is 6.07 Å². The van der Waals surface area contributed by atoms with Crippen molar-refractivity contribution in [3.05, 3.63) is 35.1 Å². The molecule has 2 rings (SSSR count). The molecule has 1 aliphatic rings. The summed E-state index contributed by atoms with van der Waals surface area (Å²) in [6.45, 7) is 7.25. The highest BCUT2D eigenvalue weighted by Crippen LogP contribution is 2.12. The van der Waals surface area contributed by atoms with Crippen molar-refractivity contribution in [3.8, 4) is 0 Å². The second-order valence-electron chi connectivity index (χ2n) is 5.75. The number of hydrogen-bond donors (Lipinski definition) is 2. The molecule has 0 saturated carbocycles. The van der Waals surface area contributed by atoms with Gasteiger partial charge in [-0.25, -0.2) is 9.38 Å². The van der Waals surface area contributed by atoms with Gasteiger partial charge in [0.15, 0.2) is 5.96 Å². The number of nitrogens with one attached hydrogen (secondary N) is 1. The molecule has 25 heavy (non-hydrogen) atoms. The number of rotatable bonds is 4. The number of halogens is 2. The van der Waals surface area contributed by atoms with E-state index in [4.69, 9.17) is 5.11 Å². The average Bonchev–Trinajstić information content (AvgIpc) is 2.59. The zero-order valence-electron chi connectivity index (χ0n) is 14.7. The number of aliphatic hydroxyl groups excluding tert-OH is 1. The molecule has 0 aromatic heterocycles. The van der Waals surface area contributed by atoms with E-state index in [1.807, 2.05) is 11.8 Å². The van der Waals surface area contributed by atoms with Gasteiger partial charge in [-0.05, 0) is 24.6 Å². The fourth-order valence-corrected chi connectivity index (χ4v) is 2.67. The van der Waals surface area contributed by atoms with Crippen LogP contribution in [0.1, 0.15) is 25.0 Å². The lowest BCUT2D eigenvalue weighted by atomic mass is 10.1. The third kappa shape index (κ3) is 6.10. The third-order valence-corrected chi connectivity index (χ3v) is 4.05. The second-order valence-corrected chi connectivity index (χ2v) is 5.75. The third-order valence-electron chi connectivity index (χ3n) is 4.05. The molecule has 1 aromatic rings. The lowest BCUT2D eigenvalue weighted by molar-refractivity contribution is -0.130. The van der Waals surface area contributed by atoms with E-state index in [9.17, 15) is 9.18 Å². The normalized spacial score (nSPS) is 15.0. The van der Waals surface area contributed by atoms with Crippen LogP contribution in [0.3, 0.4) is 0 Å². The van der Waals surface area contributed by atoms with Crippen LogP contribution in [0, 0.1) is 5.82 Å². The molecule has 140 valence electrons. The topological polar surface area (TPSA) is 68.2 Å². The Hall–Kier alpha value is -1.42. The molecular formula is C17H26FIN4O2. The van der Waals surface area contributed by atoms with Crippen molar-refractivity contribution in [2.24, 2.45) is 4.99 Å². The maximum atomic E-state index is 13.4. The van der Waals surface area contributed by atoms with Gasteiger partial charge in [0.05, 0.1) is 13.2 Å². The molecule has 1 aliphatic heterocycles. The summed E-state index contributed by atoms with van der Waals surface area (Å²) < 4.78 is 13.4. The first-order valence-corrected chi connectivity index (χ1v) is 8.22. The predicted octanol–water partition coefficient (Wildman–Crippen LogP) is 1.57. The zero-order valence-corrected chi connectivity index (χ0v) is 17.0. The number of piperazine rings is 1. The summed E-state index contributed by atoms with van der Waals surface area (Å²) in [4.78, 5) is 20.0. The van der Waals surface area contributed by atoms with Gasteiger partial charge in [-0.15, -0.1) is 24.0 Å². The van der Waals surface area contributed by atoms with Crippen molar-refractivity contribution in [1.29, 1.82) is 0 Å². The molecule has 0 aliphatic carbocycles. The predicted molar refractivity (Wildman–Crippen MR) is 106 cm³/mol. The van der Waals surface area contributed by atoms with Gasteiger partial charge >= 0.3 is 0 Å². The first-order valence-electron chi connectivity index (χ1n) is 8.22. The molecule has 8 heteroatoms. The Morgan fingerprint density at radius 3 is 2.48 bits per heavy atom. The van der Waals surface area contributed by atoms with Gasteiger partial charge in [-0.2, -0.15) is 0 Å². The summed E-state index contributed by atoms with van der Waals surface area (Å²) in [6.07, 6.45) is 0. The minimum atomic E-state index is -0.405. The number of amides is 1. The Morgan fingerprint density at radius 1 is 1.28 bits per heavy atom. The van der Waals surface area contributed by atoms with Crippen LogP contribution in [-0.4, -0.2) is 59.5 Å². The van der Waals surface area contributed by atoms with Crippen molar-refractivity contribution in [3.63, 3.8) is 0 Å². The van der Waals surface area contributed by atoms with Crippen LogP contribution < -0.4 is 5.32 Å². The van der Waals surface area contributed by atoms with Crippen LogP contribution in [-0.2, 0) is 17.9 Å². The fourth-order valence-electron chi connectivity index (χ4n) is 2.67. The van der Waals surface area contributed by atoms with E-state index in [1.54, 1.807) is 19.1 Å². The molecule has 0 spiro atoms. The average molecular weight is 464 g/mol. The summed E-state index contributed by atoms with van der Waals surface area (Å²) >= 11 is 0. The highest BCUT2D eigenvalue weighted by Gasteiger charge is 2.20. The Balaban J connectivity index is 0.00000312. The lowest BCUT2D eigenvalue weighted by Crippen LogP contribution is -2.53. The van der Waals surface area contributed by atoms with Gasteiger partial charge in [-0.1, -0.05) is 6.07 Å². The number of carbonyl (C=O) groups is 1. The number of nitrogens with zero attached hydrogens (tertiary/aromatic N) is 3. The van der Waals surface area contributed by atoms with Crippen molar-refractivity contribution >= 4 is 35.8 Å². The number of carbonyl (C=O) groups excluding carboxylic acids is 1. The minimum absolute atomic E-state index is 0. The first kappa shape index (κ1) is 21.6. The Labute approximate surface area is 165 Å². The van der Waals surface area contributed by atoms with E-state index in [0.29, 0.717) is 19.6 Å². The molecule has 1 amide bonds. The van der Waals surface area contributed by atoms with Crippen molar-refractivity contribution < 1.29 is 14.3 Å². The Kier molecular flexibility index (Phi) is 9.12. The standard InChI is InChI=1S/C17H25FN4O2.HI/c1-3-19-17(22-8-6-21(7-9-22)13(2)24)20-11-14-4-5-16(18)15(10-14)12-23;/h4-5,10,23H,3,6-9,11-12H2,1-2H3,(H,19,20);1H. The second kappa shape index (κ2) is 10.5. The molecule has 0 unspecified atom stereocenters. The molecule has 2 N–H and O–H groups in total. The van der Waals surface area contributed by atoms with Crippen molar-refractivity contribution in [1.82, 2.24) is 15.1 Å². The van der Waals surface area contributed by atoms with Crippen molar-refractivity contribution in [2.75, 3.05) is 32.7 Å². The van der Waals surface area contributed by atoms with Gasteiger partial charge < -0.3 is 20.2 Å². The van der Waals surface area contributed by atoms with E-state index in [-0.39, 0.29) is 42.1 Å². The molecule has 1 saturated heterocycles. The van der Waals surface area contributed by atoms with E-state index >= 15 is 0 Å². The highest BCUT2D eigenvalue weighted by atomic mass is 127. The minimum Gasteiger partial charge on any atom is -0.392 e. The number of benzene rings is 1. The van der Waals surface area contributed by atoms with E-state index in [2.05, 4.69) is 15.2 Å². The molecule has 0 atom stereocenters. The van der Waals surface area contributed by atoms with Gasteiger partial charge in [-0.3, -0.25) is 4.79 Å². The summed E-state index contributed by atoms with van der Waals surface area (Å²) in [6, 6.07) is 4.67. The highest BCUT2D eigenvalue weighted by molar-refractivity contribution is 14.0. The molecule has 1 fully saturated rings. The number of aliphatic hydroxyl groups is 1. The number of hydrogen-bond acceptors (Lipinski definition) is 3. The van der Waals surface area contributed by atoms with Crippen LogP contribution in [0.4, 0.5) is 4.39 Å². The first-order chi connectivity index (χ1) is 11.5. The summed E-state index contributed by atoms with van der Waals surface area (Å²) in [5.74, 6) is 0.479. The smallest absolute Gasteiger partial charge is 0.219 e. The summed E-state index contributed by atoms with van der Waals surface area (Å²) in [7, 11) is 0. The van der Waals surface area contributed by atoms with Crippen LogP contribution in [0.15, 0.2) is 23.2 Å². The van der Waals surface area contributed by atoms with Gasteiger partial charge in [0.2, 0.25) is 5.91 Å². The molecule has 6 nitrogen and oxygen atoms in total. The molecule has 1 heterocycles. The van der Waals surface area contributed by atoms with Crippen LogP contribution >= 0.6 is 24.0 Å². The monoisotopic (exact) mass is 464 g/mol. The van der Waals surface area contributed by atoms with Crippen LogP contribution in [0.5, 0.6) is 0 Å². The number of guanidine groups is 1.